The molecule has 2 aromatic carbocycles. The van der Waals surface area contributed by atoms with Crippen molar-refractivity contribution in [2.75, 3.05) is 0 Å². The van der Waals surface area contributed by atoms with Crippen LogP contribution in [0.15, 0.2) is 72.9 Å². The number of aromatic nitrogens is 1. The molecule has 4 rings (SSSR count). The lowest BCUT2D eigenvalue weighted by atomic mass is 9.64. The summed E-state index contributed by atoms with van der Waals surface area (Å²) in [7, 11) is 0. The number of hydrogen-bond acceptors (Lipinski definition) is 3. The molecule has 1 fully saturated rings. The third-order valence-electron chi connectivity index (χ3n) is 6.03. The van der Waals surface area contributed by atoms with Crippen molar-refractivity contribution >= 4 is 5.91 Å². The van der Waals surface area contributed by atoms with Crippen molar-refractivity contribution in [2.24, 2.45) is 5.73 Å². The van der Waals surface area contributed by atoms with Gasteiger partial charge in [-0.05, 0) is 67.6 Å². The first kappa shape index (κ1) is 20.0. The number of benzene rings is 2. The van der Waals surface area contributed by atoms with Gasteiger partial charge in [0.05, 0.1) is 17.3 Å². The summed E-state index contributed by atoms with van der Waals surface area (Å²) in [5, 5.41) is 0. The van der Waals surface area contributed by atoms with Crippen LogP contribution >= 0.6 is 0 Å². The van der Waals surface area contributed by atoms with E-state index in [2.05, 4.69) is 4.98 Å². The molecule has 6 heteroatoms. The SMILES string of the molecule is NC(=O)C1(c2ccc(F)cc2)CCC(Oc2ccccc2)(c2ccc(F)cn2)CC1. The molecule has 1 aliphatic rings. The Bertz CT molecular complexity index is 1010. The van der Waals surface area contributed by atoms with E-state index in [4.69, 9.17) is 10.5 Å². The molecule has 1 aliphatic carbocycles. The molecular weight excluding hydrogens is 386 g/mol. The van der Waals surface area contributed by atoms with Gasteiger partial charge in [0.25, 0.3) is 0 Å². The summed E-state index contributed by atoms with van der Waals surface area (Å²) in [4.78, 5) is 16.8. The van der Waals surface area contributed by atoms with Crippen molar-refractivity contribution in [1.82, 2.24) is 4.98 Å². The average molecular weight is 408 g/mol. The van der Waals surface area contributed by atoms with Crippen LogP contribution in [0.3, 0.4) is 0 Å². The predicted molar refractivity (Wildman–Crippen MR) is 109 cm³/mol. The summed E-state index contributed by atoms with van der Waals surface area (Å²) in [6, 6.07) is 18.2. The molecule has 1 amide bonds. The van der Waals surface area contributed by atoms with E-state index < -0.39 is 22.7 Å². The topological polar surface area (TPSA) is 65.2 Å². The summed E-state index contributed by atoms with van der Waals surface area (Å²) < 4.78 is 33.3. The number of nitrogens with two attached hydrogens (primary N) is 1. The van der Waals surface area contributed by atoms with Gasteiger partial charge in [0.15, 0.2) is 5.60 Å². The van der Waals surface area contributed by atoms with Crippen molar-refractivity contribution in [1.29, 1.82) is 0 Å². The number of nitrogens with zero attached hydrogens (tertiary/aromatic N) is 1. The second-order valence-electron chi connectivity index (χ2n) is 7.72. The molecule has 1 aromatic heterocycles. The summed E-state index contributed by atoms with van der Waals surface area (Å²) in [5.74, 6) is -0.583. The maximum atomic E-state index is 13.5. The number of halogens is 2. The number of rotatable bonds is 5. The highest BCUT2D eigenvalue weighted by molar-refractivity contribution is 5.87. The first-order valence-corrected chi connectivity index (χ1v) is 9.86. The fourth-order valence-corrected chi connectivity index (χ4v) is 4.30. The molecule has 3 aromatic rings. The Hall–Kier alpha value is -3.28. The standard InChI is InChI=1S/C24H22F2N2O2/c25-18-8-6-17(7-9-18)23(22(27)29)12-14-24(15-13-23,21-11-10-19(26)16-28-21)30-20-4-2-1-3-5-20/h1-11,16H,12-15H2,(H2,27,29). The summed E-state index contributed by atoms with van der Waals surface area (Å²) in [5.41, 5.74) is 5.38. The smallest absolute Gasteiger partial charge is 0.228 e. The molecule has 0 radical (unpaired) electrons. The number of carbonyl (C=O) groups is 1. The minimum absolute atomic E-state index is 0.369. The minimum Gasteiger partial charge on any atom is -0.481 e. The van der Waals surface area contributed by atoms with Crippen LogP contribution in [0.25, 0.3) is 0 Å². The van der Waals surface area contributed by atoms with E-state index in [1.807, 2.05) is 30.3 Å². The molecule has 0 saturated heterocycles. The van der Waals surface area contributed by atoms with Crippen molar-refractivity contribution in [3.8, 4) is 5.75 Å². The highest BCUT2D eigenvalue weighted by Crippen LogP contribution is 2.48. The zero-order chi connectivity index (χ0) is 21.2. The normalized spacial score (nSPS) is 23.7. The highest BCUT2D eigenvalue weighted by atomic mass is 19.1. The van der Waals surface area contributed by atoms with Crippen LogP contribution in [0.2, 0.25) is 0 Å². The summed E-state index contributed by atoms with van der Waals surface area (Å²) >= 11 is 0. The van der Waals surface area contributed by atoms with Crippen molar-refractivity contribution in [3.05, 3.63) is 95.8 Å². The van der Waals surface area contributed by atoms with Gasteiger partial charge in [-0.3, -0.25) is 9.78 Å². The molecule has 30 heavy (non-hydrogen) atoms. The van der Waals surface area contributed by atoms with Gasteiger partial charge in [-0.15, -0.1) is 0 Å². The quantitative estimate of drug-likeness (QED) is 0.669. The van der Waals surface area contributed by atoms with Gasteiger partial charge >= 0.3 is 0 Å². The molecular formula is C24H22F2N2O2. The Morgan fingerprint density at radius 3 is 2.07 bits per heavy atom. The van der Waals surface area contributed by atoms with E-state index in [9.17, 15) is 13.6 Å². The van der Waals surface area contributed by atoms with E-state index in [-0.39, 0.29) is 5.82 Å². The summed E-state index contributed by atoms with van der Waals surface area (Å²) in [6.45, 7) is 0. The maximum Gasteiger partial charge on any atom is 0.228 e. The Morgan fingerprint density at radius 1 is 0.867 bits per heavy atom. The number of para-hydroxylation sites is 1. The Kier molecular flexibility index (Phi) is 5.24. The van der Waals surface area contributed by atoms with E-state index in [1.54, 1.807) is 18.2 Å². The van der Waals surface area contributed by atoms with Gasteiger partial charge in [0.2, 0.25) is 5.91 Å². The monoisotopic (exact) mass is 408 g/mol. The molecule has 154 valence electrons. The van der Waals surface area contributed by atoms with E-state index in [0.717, 1.165) is 0 Å². The Morgan fingerprint density at radius 2 is 1.50 bits per heavy atom. The second-order valence-corrected chi connectivity index (χ2v) is 7.72. The number of primary amides is 1. The van der Waals surface area contributed by atoms with Gasteiger partial charge in [-0.1, -0.05) is 30.3 Å². The van der Waals surface area contributed by atoms with Crippen LogP contribution in [0.1, 0.15) is 36.9 Å². The van der Waals surface area contributed by atoms with E-state index >= 15 is 0 Å². The maximum absolute atomic E-state index is 13.5. The van der Waals surface area contributed by atoms with Crippen LogP contribution in [-0.2, 0) is 15.8 Å². The fraction of sp³-hybridized carbons (Fsp3) is 0.250. The van der Waals surface area contributed by atoms with Crippen molar-refractivity contribution < 1.29 is 18.3 Å². The molecule has 0 aliphatic heterocycles. The average Bonchev–Trinajstić information content (AvgIpc) is 2.76. The number of amides is 1. The number of pyridine rings is 1. The highest BCUT2D eigenvalue weighted by Gasteiger charge is 2.50. The Balaban J connectivity index is 1.70. The van der Waals surface area contributed by atoms with E-state index in [1.165, 1.54) is 24.4 Å². The van der Waals surface area contributed by atoms with Crippen LogP contribution in [0.4, 0.5) is 8.78 Å². The zero-order valence-electron chi connectivity index (χ0n) is 16.4. The van der Waals surface area contributed by atoms with E-state index in [0.29, 0.717) is 42.7 Å². The molecule has 2 N–H and O–H groups in total. The lowest BCUT2D eigenvalue weighted by Crippen LogP contribution is -2.49. The molecule has 1 saturated carbocycles. The third kappa shape index (κ3) is 3.65. The van der Waals surface area contributed by atoms with Gasteiger partial charge in [-0.2, -0.15) is 0 Å². The van der Waals surface area contributed by atoms with Gasteiger partial charge in [0.1, 0.15) is 17.4 Å². The summed E-state index contributed by atoms with van der Waals surface area (Å²) in [6.07, 6.45) is 2.86. The first-order valence-electron chi connectivity index (χ1n) is 9.86. The number of hydrogen-bond donors (Lipinski definition) is 1. The fourth-order valence-electron chi connectivity index (χ4n) is 4.30. The molecule has 0 unspecified atom stereocenters. The van der Waals surface area contributed by atoms with Gasteiger partial charge < -0.3 is 10.5 Å². The Labute approximate surface area is 173 Å². The lowest BCUT2D eigenvalue weighted by Gasteiger charge is -2.45. The minimum atomic E-state index is -0.919. The van der Waals surface area contributed by atoms with Gasteiger partial charge in [0, 0.05) is 0 Å². The lowest BCUT2D eigenvalue weighted by molar-refractivity contribution is -0.127. The molecule has 0 atom stereocenters. The second kappa shape index (κ2) is 7.86. The molecule has 1 heterocycles. The predicted octanol–water partition coefficient (Wildman–Crippen LogP) is 4.63. The third-order valence-corrected chi connectivity index (χ3v) is 6.03. The first-order chi connectivity index (χ1) is 14.4. The van der Waals surface area contributed by atoms with Gasteiger partial charge in [-0.25, -0.2) is 8.78 Å². The van der Waals surface area contributed by atoms with Crippen LogP contribution in [-0.4, -0.2) is 10.9 Å². The van der Waals surface area contributed by atoms with Crippen molar-refractivity contribution in [2.45, 2.75) is 36.7 Å². The van der Waals surface area contributed by atoms with Crippen LogP contribution in [0.5, 0.6) is 5.75 Å². The molecule has 0 bridgehead atoms. The van der Waals surface area contributed by atoms with Crippen molar-refractivity contribution in [3.63, 3.8) is 0 Å². The van der Waals surface area contributed by atoms with Crippen LogP contribution in [0, 0.1) is 11.6 Å². The number of ether oxygens (including phenoxy) is 1. The molecule has 0 spiro atoms. The largest absolute Gasteiger partial charge is 0.481 e. The zero-order valence-corrected chi connectivity index (χ0v) is 16.4. The number of carbonyl (C=O) groups excluding carboxylic acids is 1. The van der Waals surface area contributed by atoms with Crippen LogP contribution < -0.4 is 10.5 Å². The molecule has 4 nitrogen and oxygen atoms in total.